The van der Waals surface area contributed by atoms with E-state index in [-0.39, 0.29) is 0 Å². The van der Waals surface area contributed by atoms with E-state index in [2.05, 4.69) is 0 Å². The molecule has 0 saturated heterocycles. The molecule has 1 radical (unpaired) electrons. The van der Waals surface area contributed by atoms with Crippen molar-refractivity contribution >= 4 is 18.9 Å². The number of allylic oxidation sites excluding steroid dienone is 2. The van der Waals surface area contributed by atoms with Crippen LogP contribution < -0.4 is 0 Å². The zero-order chi connectivity index (χ0) is 6.85. The van der Waals surface area contributed by atoms with Gasteiger partial charge in [0.05, 0.1) is 7.11 Å². The smallest absolute Gasteiger partial charge is 0.206 e. The number of ether oxygens (including phenoxy) is 1. The van der Waals surface area contributed by atoms with Crippen LogP contribution in [0.25, 0.3) is 0 Å². The van der Waals surface area contributed by atoms with Crippen molar-refractivity contribution in [1.29, 1.82) is 0 Å². The maximum absolute atomic E-state index is 5.72. The zero-order valence-corrected chi connectivity index (χ0v) is 6.20. The Balaban J connectivity index is 2.75. The third-order valence-electron chi connectivity index (χ3n) is 1.17. The molecule has 0 amide bonds. The summed E-state index contributed by atoms with van der Waals surface area (Å²) in [4.78, 5) is 0.690. The van der Waals surface area contributed by atoms with Crippen molar-refractivity contribution in [2.24, 2.45) is 0 Å². The number of hydrogen-bond acceptors (Lipinski definition) is 1. The Morgan fingerprint density at radius 2 is 2.33 bits per heavy atom. The molecule has 0 bridgehead atoms. The summed E-state index contributed by atoms with van der Waals surface area (Å²) in [5.41, 5.74) is 1.14. The molecule has 0 atom stereocenters. The van der Waals surface area contributed by atoms with E-state index in [9.17, 15) is 0 Å². The second-order valence-electron chi connectivity index (χ2n) is 1.95. The second-order valence-corrected chi connectivity index (χ2v) is 2.36. The fourth-order valence-corrected chi connectivity index (χ4v) is 1.05. The highest BCUT2D eigenvalue weighted by Crippen LogP contribution is 2.20. The van der Waals surface area contributed by atoms with E-state index in [0.717, 1.165) is 11.2 Å². The van der Waals surface area contributed by atoms with Gasteiger partial charge in [0.1, 0.15) is 5.76 Å². The van der Waals surface area contributed by atoms with Crippen LogP contribution in [0.4, 0.5) is 0 Å². The van der Waals surface area contributed by atoms with Gasteiger partial charge in [-0.1, -0.05) is 18.5 Å². The summed E-state index contributed by atoms with van der Waals surface area (Å²) in [6.07, 6.45) is 1.91. The molecule has 1 aliphatic rings. The third kappa shape index (κ3) is 1.30. The predicted molar refractivity (Wildman–Crippen MR) is 39.4 cm³/mol. The van der Waals surface area contributed by atoms with Crippen LogP contribution in [-0.4, -0.2) is 14.4 Å². The summed E-state index contributed by atoms with van der Waals surface area (Å²) in [5, 5.41) is 0. The lowest BCUT2D eigenvalue weighted by atomic mass is 9.74. The van der Waals surface area contributed by atoms with E-state index in [0.29, 0.717) is 4.93 Å². The van der Waals surface area contributed by atoms with Crippen molar-refractivity contribution in [2.45, 2.75) is 6.92 Å². The molecular formula is C6H7BClO. The highest BCUT2D eigenvalue weighted by molar-refractivity contribution is 6.70. The van der Waals surface area contributed by atoms with Crippen LogP contribution in [0.2, 0.25) is 0 Å². The average molecular weight is 141 g/mol. The number of hydrogen-bond donors (Lipinski definition) is 0. The Labute approximate surface area is 60.6 Å². The van der Waals surface area contributed by atoms with Crippen LogP contribution in [0.3, 0.4) is 0 Å². The van der Waals surface area contributed by atoms with Gasteiger partial charge in [0.25, 0.3) is 0 Å². The van der Waals surface area contributed by atoms with Crippen molar-refractivity contribution < 1.29 is 4.74 Å². The monoisotopic (exact) mass is 141 g/mol. The molecule has 0 fully saturated rings. The van der Waals surface area contributed by atoms with Crippen molar-refractivity contribution in [3.63, 3.8) is 0 Å². The first kappa shape index (κ1) is 6.75. The summed E-state index contributed by atoms with van der Waals surface area (Å²) in [5.74, 6) is 0.758. The molecule has 9 heavy (non-hydrogen) atoms. The van der Waals surface area contributed by atoms with Gasteiger partial charge in [-0.2, -0.15) is 0 Å². The van der Waals surface area contributed by atoms with Gasteiger partial charge in [-0.3, -0.25) is 0 Å². The van der Waals surface area contributed by atoms with Gasteiger partial charge in [0.15, 0.2) is 0 Å². The van der Waals surface area contributed by atoms with Crippen LogP contribution in [0.1, 0.15) is 6.92 Å². The lowest BCUT2D eigenvalue weighted by Crippen LogP contribution is -1.87. The minimum atomic E-state index is 0.690. The van der Waals surface area contributed by atoms with Gasteiger partial charge in [0, 0.05) is 4.93 Å². The second kappa shape index (κ2) is 2.48. The average Bonchev–Trinajstić information content (AvgIpc) is 2.10. The molecule has 1 heterocycles. The van der Waals surface area contributed by atoms with Crippen molar-refractivity contribution in [3.05, 3.63) is 22.2 Å². The lowest BCUT2D eigenvalue weighted by molar-refractivity contribution is 0.307. The van der Waals surface area contributed by atoms with Crippen LogP contribution in [0.15, 0.2) is 22.2 Å². The molecule has 0 N–H and O–H groups in total. The first-order valence-electron chi connectivity index (χ1n) is 2.71. The van der Waals surface area contributed by atoms with Gasteiger partial charge in [0.2, 0.25) is 7.28 Å². The normalized spacial score (nSPS) is 17.4. The summed E-state index contributed by atoms with van der Waals surface area (Å²) in [6.45, 7) is 1.98. The molecule has 0 aromatic heterocycles. The Morgan fingerprint density at radius 1 is 1.67 bits per heavy atom. The molecule has 1 rings (SSSR count). The highest BCUT2D eigenvalue weighted by Gasteiger charge is 2.11. The molecular weight excluding hydrogens is 134 g/mol. The van der Waals surface area contributed by atoms with Crippen LogP contribution >= 0.6 is 11.6 Å². The quantitative estimate of drug-likeness (QED) is 0.505. The molecule has 1 aliphatic heterocycles. The first-order chi connectivity index (χ1) is 4.24. The van der Waals surface area contributed by atoms with Crippen molar-refractivity contribution in [3.8, 4) is 0 Å². The van der Waals surface area contributed by atoms with E-state index in [1.165, 1.54) is 0 Å². The van der Waals surface area contributed by atoms with Crippen LogP contribution in [-0.2, 0) is 4.74 Å². The van der Waals surface area contributed by atoms with E-state index >= 15 is 0 Å². The maximum atomic E-state index is 5.72. The van der Waals surface area contributed by atoms with E-state index < -0.39 is 0 Å². The maximum Gasteiger partial charge on any atom is 0.206 e. The summed E-state index contributed by atoms with van der Waals surface area (Å²) < 4.78 is 4.93. The summed E-state index contributed by atoms with van der Waals surface area (Å²) in [6, 6.07) is 0. The van der Waals surface area contributed by atoms with Crippen molar-refractivity contribution in [2.75, 3.05) is 7.11 Å². The highest BCUT2D eigenvalue weighted by atomic mass is 35.5. The summed E-state index contributed by atoms with van der Waals surface area (Å²) in [7, 11) is 3.49. The Bertz CT molecular complexity index is 183. The minimum Gasteiger partial charge on any atom is -0.496 e. The lowest BCUT2D eigenvalue weighted by Gasteiger charge is -1.95. The molecule has 0 aliphatic carbocycles. The topological polar surface area (TPSA) is 9.23 Å². The van der Waals surface area contributed by atoms with E-state index in [1.54, 1.807) is 7.11 Å². The molecule has 47 valence electrons. The molecule has 0 unspecified atom stereocenters. The minimum absolute atomic E-state index is 0.690. The molecule has 0 aromatic carbocycles. The largest absolute Gasteiger partial charge is 0.496 e. The van der Waals surface area contributed by atoms with Gasteiger partial charge in [-0.25, -0.2) is 0 Å². The molecule has 0 spiro atoms. The summed E-state index contributed by atoms with van der Waals surface area (Å²) >= 11 is 5.72. The van der Waals surface area contributed by atoms with Gasteiger partial charge in [-0.05, 0) is 6.08 Å². The predicted octanol–water partition coefficient (Wildman–Crippen LogP) is 1.66. The van der Waals surface area contributed by atoms with Crippen molar-refractivity contribution in [1.82, 2.24) is 0 Å². The molecule has 0 aromatic rings. The SMILES string of the molecule is COC1=C(Cl)[B]C(C)=C1. The molecule has 1 nitrogen and oxygen atoms in total. The Hall–Kier alpha value is -0.365. The first-order valence-corrected chi connectivity index (χ1v) is 3.08. The van der Waals surface area contributed by atoms with Crippen LogP contribution in [0.5, 0.6) is 0 Å². The zero-order valence-electron chi connectivity index (χ0n) is 5.44. The molecule has 0 saturated carbocycles. The number of methoxy groups -OCH3 is 1. The Morgan fingerprint density at radius 3 is 2.56 bits per heavy atom. The van der Waals surface area contributed by atoms with E-state index in [1.807, 2.05) is 20.3 Å². The fourth-order valence-electron chi connectivity index (χ4n) is 0.745. The van der Waals surface area contributed by atoms with Gasteiger partial charge >= 0.3 is 0 Å². The van der Waals surface area contributed by atoms with Gasteiger partial charge < -0.3 is 4.74 Å². The Kier molecular flexibility index (Phi) is 1.86. The third-order valence-corrected chi connectivity index (χ3v) is 1.46. The molecule has 3 heteroatoms. The number of rotatable bonds is 1. The van der Waals surface area contributed by atoms with E-state index in [4.69, 9.17) is 16.3 Å². The van der Waals surface area contributed by atoms with Crippen LogP contribution in [0, 0.1) is 0 Å². The number of halogens is 1. The standard InChI is InChI=1S/C6H7BClO/c1-4-3-5(9-2)6(8)7-4/h3H,1-2H3. The fraction of sp³-hybridized carbons (Fsp3) is 0.333. The van der Waals surface area contributed by atoms with Gasteiger partial charge in [-0.15, -0.1) is 5.47 Å².